The van der Waals surface area contributed by atoms with Crippen molar-refractivity contribution in [1.29, 1.82) is 0 Å². The van der Waals surface area contributed by atoms with Gasteiger partial charge in [0.05, 0.1) is 17.8 Å². The second-order valence-corrected chi connectivity index (χ2v) is 5.98. The van der Waals surface area contributed by atoms with Gasteiger partial charge in [0.25, 0.3) is 0 Å². The molecule has 6 nitrogen and oxygen atoms in total. The van der Waals surface area contributed by atoms with Crippen LogP contribution in [0.1, 0.15) is 12.8 Å². The Kier molecular flexibility index (Phi) is 3.72. The van der Waals surface area contributed by atoms with Gasteiger partial charge in [-0.3, -0.25) is 9.59 Å². The summed E-state index contributed by atoms with van der Waals surface area (Å²) in [6.07, 6.45) is 2.83. The Morgan fingerprint density at radius 3 is 2.68 bits per heavy atom. The molecule has 7 heteroatoms. The molecule has 3 rings (SSSR count). The van der Waals surface area contributed by atoms with Gasteiger partial charge in [0.15, 0.2) is 11.6 Å². The molecule has 0 radical (unpaired) electrons. The first kappa shape index (κ1) is 14.7. The predicted octanol–water partition coefficient (Wildman–Crippen LogP) is 0.872. The van der Waals surface area contributed by atoms with Gasteiger partial charge in [-0.25, -0.2) is 9.37 Å². The normalized spacial score (nSPS) is 18.6. The number of aromatic nitrogens is 1. The molecule has 2 aliphatic rings. The summed E-state index contributed by atoms with van der Waals surface area (Å²) in [5.41, 5.74) is 0.505. The third-order valence-corrected chi connectivity index (χ3v) is 4.16. The van der Waals surface area contributed by atoms with Crippen LogP contribution in [0.2, 0.25) is 0 Å². The van der Waals surface area contributed by atoms with E-state index >= 15 is 0 Å². The minimum atomic E-state index is -0.451. The van der Waals surface area contributed by atoms with Gasteiger partial charge in [0, 0.05) is 46.2 Å². The van der Waals surface area contributed by atoms with Crippen LogP contribution in [0.15, 0.2) is 12.3 Å². The van der Waals surface area contributed by atoms with Crippen LogP contribution in [0.25, 0.3) is 0 Å². The van der Waals surface area contributed by atoms with Crippen molar-refractivity contribution < 1.29 is 14.0 Å². The molecular weight excluding hydrogens is 287 g/mol. The fourth-order valence-corrected chi connectivity index (χ4v) is 2.89. The number of pyridine rings is 1. The fourth-order valence-electron chi connectivity index (χ4n) is 2.89. The van der Waals surface area contributed by atoms with Crippen molar-refractivity contribution in [3.63, 3.8) is 0 Å². The number of halogens is 1. The summed E-state index contributed by atoms with van der Waals surface area (Å²) < 4.78 is 14.3. The average molecular weight is 306 g/mol. The molecule has 2 fully saturated rings. The van der Waals surface area contributed by atoms with Crippen LogP contribution in [-0.4, -0.2) is 55.4 Å². The van der Waals surface area contributed by atoms with Crippen molar-refractivity contribution in [3.05, 3.63) is 18.1 Å². The fraction of sp³-hybridized carbons (Fsp3) is 0.533. The van der Waals surface area contributed by atoms with E-state index in [4.69, 9.17) is 0 Å². The molecule has 118 valence electrons. The average Bonchev–Trinajstić information content (AvgIpc) is 2.84. The zero-order valence-corrected chi connectivity index (χ0v) is 12.8. The van der Waals surface area contributed by atoms with Crippen molar-refractivity contribution in [1.82, 2.24) is 9.88 Å². The lowest BCUT2D eigenvalue weighted by atomic mass is 9.98. The minimum absolute atomic E-state index is 0.00884. The summed E-state index contributed by atoms with van der Waals surface area (Å²) in [7, 11) is 3.43. The van der Waals surface area contributed by atoms with Gasteiger partial charge in [-0.05, 0) is 6.42 Å². The number of nitrogens with zero attached hydrogens (tertiary/aromatic N) is 4. The summed E-state index contributed by atoms with van der Waals surface area (Å²) in [5, 5.41) is 0. The molecule has 1 aromatic heterocycles. The Hall–Kier alpha value is -2.18. The summed E-state index contributed by atoms with van der Waals surface area (Å²) in [4.78, 5) is 32.5. The highest BCUT2D eigenvalue weighted by Gasteiger charge is 2.35. The second kappa shape index (κ2) is 5.55. The molecule has 2 aliphatic heterocycles. The van der Waals surface area contributed by atoms with Crippen LogP contribution < -0.4 is 9.80 Å². The van der Waals surface area contributed by atoms with Gasteiger partial charge in [-0.1, -0.05) is 0 Å². The highest BCUT2D eigenvalue weighted by molar-refractivity contribution is 5.95. The topological polar surface area (TPSA) is 56.8 Å². The molecule has 0 saturated carbocycles. The number of hydrogen-bond donors (Lipinski definition) is 0. The molecule has 3 heterocycles. The van der Waals surface area contributed by atoms with Crippen LogP contribution in [-0.2, 0) is 9.59 Å². The van der Waals surface area contributed by atoms with E-state index in [-0.39, 0.29) is 23.6 Å². The molecule has 0 aromatic carbocycles. The molecule has 0 spiro atoms. The van der Waals surface area contributed by atoms with Gasteiger partial charge in [-0.15, -0.1) is 0 Å². The van der Waals surface area contributed by atoms with Crippen LogP contribution in [0.4, 0.5) is 15.9 Å². The number of hydrogen-bond acceptors (Lipinski definition) is 4. The Morgan fingerprint density at radius 1 is 1.41 bits per heavy atom. The summed E-state index contributed by atoms with van der Waals surface area (Å²) >= 11 is 0. The van der Waals surface area contributed by atoms with Crippen molar-refractivity contribution >= 4 is 23.3 Å². The van der Waals surface area contributed by atoms with Crippen molar-refractivity contribution in [2.24, 2.45) is 5.92 Å². The van der Waals surface area contributed by atoms with Crippen LogP contribution in [0, 0.1) is 11.7 Å². The minimum Gasteiger partial charge on any atom is -0.352 e. The Balaban J connectivity index is 1.69. The molecule has 0 bridgehead atoms. The van der Waals surface area contributed by atoms with Crippen molar-refractivity contribution in [3.8, 4) is 0 Å². The maximum Gasteiger partial charge on any atom is 0.228 e. The quantitative estimate of drug-likeness (QED) is 0.831. The molecule has 0 N–H and O–H groups in total. The second-order valence-electron chi connectivity index (χ2n) is 5.98. The monoisotopic (exact) mass is 306 g/mol. The lowest BCUT2D eigenvalue weighted by Gasteiger charge is -2.40. The van der Waals surface area contributed by atoms with E-state index in [1.807, 2.05) is 0 Å². The van der Waals surface area contributed by atoms with Gasteiger partial charge in [-0.2, -0.15) is 0 Å². The number of carbonyl (C=O) groups is 2. The molecule has 22 heavy (non-hydrogen) atoms. The largest absolute Gasteiger partial charge is 0.352 e. The first-order chi connectivity index (χ1) is 10.5. The number of anilines is 2. The molecule has 2 saturated heterocycles. The van der Waals surface area contributed by atoms with E-state index in [2.05, 4.69) is 4.98 Å². The highest BCUT2D eigenvalue weighted by atomic mass is 19.1. The summed E-state index contributed by atoms with van der Waals surface area (Å²) in [5.74, 6) is -0.243. The third kappa shape index (κ3) is 2.51. The smallest absolute Gasteiger partial charge is 0.228 e. The van der Waals surface area contributed by atoms with E-state index in [0.29, 0.717) is 31.7 Å². The van der Waals surface area contributed by atoms with Gasteiger partial charge >= 0.3 is 0 Å². The number of carbonyl (C=O) groups excluding carboxylic acids is 2. The van der Waals surface area contributed by atoms with Gasteiger partial charge in [0.2, 0.25) is 11.8 Å². The molecule has 0 aliphatic carbocycles. The predicted molar refractivity (Wildman–Crippen MR) is 80.2 cm³/mol. The van der Waals surface area contributed by atoms with Gasteiger partial charge < -0.3 is 14.7 Å². The van der Waals surface area contributed by atoms with Crippen LogP contribution >= 0.6 is 0 Å². The Labute approximate surface area is 128 Å². The SMILES string of the molecule is CN(C)C(=O)C1CN(c2ncc(N3CCCC3=O)cc2F)C1. The number of rotatable bonds is 3. The lowest BCUT2D eigenvalue weighted by Crippen LogP contribution is -2.54. The van der Waals surface area contributed by atoms with Crippen molar-refractivity contribution in [2.45, 2.75) is 12.8 Å². The summed E-state index contributed by atoms with van der Waals surface area (Å²) in [6.45, 7) is 1.56. The standard InChI is InChI=1S/C15H19FN4O2/c1-18(2)15(22)10-8-19(9-10)14-12(16)6-11(7-17-14)20-5-3-4-13(20)21/h6-7,10H,3-5,8-9H2,1-2H3. The van der Waals surface area contributed by atoms with E-state index in [9.17, 15) is 14.0 Å². The molecule has 1 aromatic rings. The maximum atomic E-state index is 14.3. The Morgan fingerprint density at radius 2 is 2.14 bits per heavy atom. The lowest BCUT2D eigenvalue weighted by molar-refractivity contribution is -0.133. The zero-order valence-electron chi connectivity index (χ0n) is 12.8. The molecule has 0 atom stereocenters. The zero-order chi connectivity index (χ0) is 15.9. The molecular formula is C15H19FN4O2. The molecule has 0 unspecified atom stereocenters. The first-order valence-electron chi connectivity index (χ1n) is 7.39. The van der Waals surface area contributed by atoms with E-state index < -0.39 is 5.82 Å². The summed E-state index contributed by atoms with van der Waals surface area (Å²) in [6, 6.07) is 1.35. The third-order valence-electron chi connectivity index (χ3n) is 4.16. The van der Waals surface area contributed by atoms with E-state index in [0.717, 1.165) is 6.42 Å². The van der Waals surface area contributed by atoms with Crippen molar-refractivity contribution in [2.75, 3.05) is 43.5 Å². The van der Waals surface area contributed by atoms with E-state index in [1.54, 1.807) is 28.8 Å². The van der Waals surface area contributed by atoms with E-state index in [1.165, 1.54) is 12.3 Å². The molecule has 2 amide bonds. The number of amides is 2. The highest BCUT2D eigenvalue weighted by Crippen LogP contribution is 2.29. The maximum absolute atomic E-state index is 14.3. The Bertz CT molecular complexity index is 614. The van der Waals surface area contributed by atoms with Crippen LogP contribution in [0.3, 0.4) is 0 Å². The van der Waals surface area contributed by atoms with Crippen LogP contribution in [0.5, 0.6) is 0 Å². The first-order valence-corrected chi connectivity index (χ1v) is 7.39. The van der Waals surface area contributed by atoms with Gasteiger partial charge in [0.1, 0.15) is 0 Å².